The molecule has 0 radical (unpaired) electrons. The van der Waals surface area contributed by atoms with E-state index in [0.29, 0.717) is 6.17 Å². The molecule has 0 fully saturated rings. The van der Waals surface area contributed by atoms with Crippen molar-refractivity contribution in [3.63, 3.8) is 0 Å². The predicted molar refractivity (Wildman–Crippen MR) is 108 cm³/mol. The zero-order valence-electron chi connectivity index (χ0n) is 16.6. The fourth-order valence-electron chi connectivity index (χ4n) is 3.77. The zero-order chi connectivity index (χ0) is 17.7. The van der Waals surface area contributed by atoms with Crippen LogP contribution in [-0.2, 0) is 6.54 Å². The fraction of sp³-hybridized carbons (Fsp3) is 0.652. The van der Waals surface area contributed by atoms with Gasteiger partial charge in [0.25, 0.3) is 0 Å². The Morgan fingerprint density at radius 1 is 0.840 bits per heavy atom. The van der Waals surface area contributed by atoms with Crippen LogP contribution in [0, 0.1) is 0 Å². The van der Waals surface area contributed by atoms with Gasteiger partial charge in [-0.05, 0) is 18.4 Å². The first-order valence-electron chi connectivity index (χ1n) is 10.6. The van der Waals surface area contributed by atoms with Gasteiger partial charge < -0.3 is 4.90 Å². The van der Waals surface area contributed by atoms with Crippen LogP contribution >= 0.6 is 0 Å². The van der Waals surface area contributed by atoms with Crippen molar-refractivity contribution in [3.05, 3.63) is 48.3 Å². The van der Waals surface area contributed by atoms with Gasteiger partial charge in [-0.25, -0.2) is 0 Å². The number of rotatable bonds is 13. The lowest BCUT2D eigenvalue weighted by atomic mass is 10.1. The molecular weight excluding hydrogens is 304 g/mol. The van der Waals surface area contributed by atoms with Gasteiger partial charge in [-0.1, -0.05) is 88.6 Å². The lowest BCUT2D eigenvalue weighted by Gasteiger charge is -2.25. The first-order chi connectivity index (χ1) is 12.3. The minimum Gasteiger partial charge on any atom is -0.320 e. The third kappa shape index (κ3) is 7.64. The van der Waals surface area contributed by atoms with E-state index in [9.17, 15) is 0 Å². The third-order valence-corrected chi connectivity index (χ3v) is 5.54. The summed E-state index contributed by atoms with van der Waals surface area (Å²) in [5, 5.41) is 0. The highest BCUT2D eigenvalue weighted by Gasteiger charge is 2.25. The van der Waals surface area contributed by atoms with E-state index in [4.69, 9.17) is 0 Å². The van der Waals surface area contributed by atoms with Crippen LogP contribution in [0.5, 0.6) is 0 Å². The number of hydrogen-bond acceptors (Lipinski definition) is 1. The average molecular weight is 344 g/mol. The Hall–Kier alpha value is -1.28. The molecule has 0 bridgehead atoms. The minimum absolute atomic E-state index is 0.568. The van der Waals surface area contributed by atoms with Gasteiger partial charge in [-0.3, -0.25) is 4.90 Å². The van der Waals surface area contributed by atoms with Crippen molar-refractivity contribution < 1.29 is 4.90 Å². The predicted octanol–water partition coefficient (Wildman–Crippen LogP) is 5.13. The van der Waals surface area contributed by atoms with Crippen molar-refractivity contribution in [2.75, 3.05) is 6.54 Å². The molecule has 1 aliphatic rings. The quantitative estimate of drug-likeness (QED) is 0.488. The standard InChI is InChI=1S/C23H38N2/c1-3-4-5-6-7-8-9-10-11-15-18-24-19-20-25(22(24)2)21-23-16-13-12-14-17-23/h12-14,16-17,19-20,22H,3-11,15,18,21H2,1-2H3/p+1. The number of hydrogen-bond donors (Lipinski definition) is 1. The Morgan fingerprint density at radius 2 is 1.44 bits per heavy atom. The van der Waals surface area contributed by atoms with Crippen molar-refractivity contribution in [3.8, 4) is 0 Å². The molecule has 2 nitrogen and oxygen atoms in total. The third-order valence-electron chi connectivity index (χ3n) is 5.54. The van der Waals surface area contributed by atoms with E-state index in [-0.39, 0.29) is 0 Å². The second kappa shape index (κ2) is 12.1. The second-order valence-corrected chi connectivity index (χ2v) is 7.66. The lowest BCUT2D eigenvalue weighted by Crippen LogP contribution is -3.11. The number of benzene rings is 1. The van der Waals surface area contributed by atoms with Crippen LogP contribution in [0.15, 0.2) is 42.7 Å². The summed E-state index contributed by atoms with van der Waals surface area (Å²) in [6, 6.07) is 10.8. The molecule has 2 rings (SSSR count). The molecular formula is C23H39N2+. The van der Waals surface area contributed by atoms with E-state index in [0.717, 1.165) is 6.54 Å². The Bertz CT molecular complexity index is 468. The van der Waals surface area contributed by atoms with E-state index in [1.807, 2.05) is 0 Å². The molecule has 140 valence electrons. The van der Waals surface area contributed by atoms with E-state index >= 15 is 0 Å². The molecule has 0 saturated carbocycles. The van der Waals surface area contributed by atoms with Crippen LogP contribution in [-0.4, -0.2) is 17.6 Å². The zero-order valence-corrected chi connectivity index (χ0v) is 16.6. The molecule has 1 N–H and O–H groups in total. The summed E-state index contributed by atoms with van der Waals surface area (Å²) < 4.78 is 0. The molecule has 1 aromatic rings. The van der Waals surface area contributed by atoms with E-state index in [2.05, 4.69) is 61.5 Å². The SMILES string of the molecule is CCCCCCCCCCCC[NH+]1C=CN(Cc2ccccc2)C1C. The van der Waals surface area contributed by atoms with Crippen LogP contribution in [0.2, 0.25) is 0 Å². The highest BCUT2D eigenvalue weighted by atomic mass is 15.4. The minimum atomic E-state index is 0.568. The molecule has 0 amide bonds. The van der Waals surface area contributed by atoms with Crippen molar-refractivity contribution in [2.45, 2.75) is 90.8 Å². The van der Waals surface area contributed by atoms with Gasteiger partial charge in [0.1, 0.15) is 6.20 Å². The lowest BCUT2D eigenvalue weighted by molar-refractivity contribution is -0.876. The number of nitrogens with one attached hydrogen (secondary N) is 1. The van der Waals surface area contributed by atoms with Gasteiger partial charge in [-0.15, -0.1) is 0 Å². The molecule has 0 aliphatic carbocycles. The number of quaternary nitrogens is 1. The fourth-order valence-corrected chi connectivity index (χ4v) is 3.77. The summed E-state index contributed by atoms with van der Waals surface area (Å²) in [5.74, 6) is 0. The van der Waals surface area contributed by atoms with Crippen molar-refractivity contribution in [1.29, 1.82) is 0 Å². The smallest absolute Gasteiger partial charge is 0.164 e. The summed E-state index contributed by atoms with van der Waals surface area (Å²) in [5.41, 5.74) is 1.40. The van der Waals surface area contributed by atoms with Gasteiger partial charge >= 0.3 is 0 Å². The van der Waals surface area contributed by atoms with Crippen molar-refractivity contribution in [2.24, 2.45) is 0 Å². The van der Waals surface area contributed by atoms with E-state index in [1.54, 1.807) is 4.90 Å². The van der Waals surface area contributed by atoms with E-state index < -0.39 is 0 Å². The Kier molecular flexibility index (Phi) is 9.73. The molecule has 2 atom stereocenters. The Labute approximate surface area is 155 Å². The monoisotopic (exact) mass is 343 g/mol. The first kappa shape index (κ1) is 20.0. The molecule has 0 spiro atoms. The maximum atomic E-state index is 2.47. The molecule has 1 aromatic carbocycles. The number of nitrogens with zero attached hydrogens (tertiary/aromatic N) is 1. The molecule has 1 aliphatic heterocycles. The molecule has 0 aromatic heterocycles. The maximum Gasteiger partial charge on any atom is 0.164 e. The second-order valence-electron chi connectivity index (χ2n) is 7.66. The van der Waals surface area contributed by atoms with Gasteiger partial charge in [0.2, 0.25) is 0 Å². The first-order valence-corrected chi connectivity index (χ1v) is 10.6. The normalized spacial score (nSPS) is 19.7. The Balaban J connectivity index is 1.50. The van der Waals surface area contributed by atoms with Crippen LogP contribution < -0.4 is 4.90 Å². The highest BCUT2D eigenvalue weighted by Crippen LogP contribution is 2.11. The van der Waals surface area contributed by atoms with Gasteiger partial charge in [0.15, 0.2) is 6.17 Å². The largest absolute Gasteiger partial charge is 0.320 e. The van der Waals surface area contributed by atoms with Crippen LogP contribution in [0.3, 0.4) is 0 Å². The van der Waals surface area contributed by atoms with Gasteiger partial charge in [0.05, 0.1) is 12.7 Å². The number of unbranched alkanes of at least 4 members (excludes halogenated alkanes) is 9. The van der Waals surface area contributed by atoms with Crippen LogP contribution in [0.25, 0.3) is 0 Å². The molecule has 2 unspecified atom stereocenters. The Morgan fingerprint density at radius 3 is 2.08 bits per heavy atom. The molecule has 25 heavy (non-hydrogen) atoms. The summed E-state index contributed by atoms with van der Waals surface area (Å²) in [4.78, 5) is 4.09. The van der Waals surface area contributed by atoms with Crippen molar-refractivity contribution >= 4 is 0 Å². The molecule has 2 heteroatoms. The van der Waals surface area contributed by atoms with E-state index in [1.165, 1.54) is 76.3 Å². The van der Waals surface area contributed by atoms with Crippen molar-refractivity contribution in [1.82, 2.24) is 4.90 Å². The summed E-state index contributed by atoms with van der Waals surface area (Å²) in [6.45, 7) is 6.95. The summed E-state index contributed by atoms with van der Waals surface area (Å²) in [6.07, 6.45) is 19.4. The maximum absolute atomic E-state index is 2.47. The average Bonchev–Trinajstić information content (AvgIpc) is 2.97. The molecule has 0 saturated heterocycles. The topological polar surface area (TPSA) is 7.68 Å². The van der Waals surface area contributed by atoms with Crippen LogP contribution in [0.1, 0.15) is 83.6 Å². The van der Waals surface area contributed by atoms with Crippen LogP contribution in [0.4, 0.5) is 0 Å². The highest BCUT2D eigenvalue weighted by molar-refractivity contribution is 5.15. The summed E-state index contributed by atoms with van der Waals surface area (Å²) >= 11 is 0. The summed E-state index contributed by atoms with van der Waals surface area (Å²) in [7, 11) is 0. The molecule has 1 heterocycles. The van der Waals surface area contributed by atoms with Gasteiger partial charge in [0, 0.05) is 13.5 Å². The van der Waals surface area contributed by atoms with Gasteiger partial charge in [-0.2, -0.15) is 0 Å².